The van der Waals surface area contributed by atoms with E-state index in [0.717, 1.165) is 25.4 Å². The summed E-state index contributed by atoms with van der Waals surface area (Å²) in [6.07, 6.45) is 6.90. The molecule has 5 heteroatoms. The van der Waals surface area contributed by atoms with Crippen LogP contribution in [0.4, 0.5) is 0 Å². The molecule has 0 radical (unpaired) electrons. The van der Waals surface area contributed by atoms with Gasteiger partial charge >= 0.3 is 0 Å². The van der Waals surface area contributed by atoms with Gasteiger partial charge in [0.05, 0.1) is 5.92 Å². The molecule has 108 valence electrons. The van der Waals surface area contributed by atoms with Crippen LogP contribution in [-0.2, 0) is 4.79 Å². The average molecular weight is 267 g/mol. The third kappa shape index (κ3) is 3.01. The number of rotatable bonds is 3. The lowest BCUT2D eigenvalue weighted by atomic mass is 9.75. The topological polar surface area (TPSA) is 78.9 Å². The van der Waals surface area contributed by atoms with Crippen molar-refractivity contribution < 1.29 is 10.0 Å². The first-order chi connectivity index (χ1) is 9.17. The standard InChI is InChI=1S/C14H25N3O2/c1-2-12(13(15)16-19)14(18)17-8-7-10-5-3-4-6-11(10)9-17/h10-12,19H,2-9H2,1H3,(H2,15,16). The number of fused-ring (bicyclic) bond motifs is 1. The van der Waals surface area contributed by atoms with Gasteiger partial charge in [-0.3, -0.25) is 4.79 Å². The number of hydrogen-bond donors (Lipinski definition) is 2. The highest BCUT2D eigenvalue weighted by atomic mass is 16.4. The summed E-state index contributed by atoms with van der Waals surface area (Å²) in [5.41, 5.74) is 5.62. The second-order valence-electron chi connectivity index (χ2n) is 5.86. The summed E-state index contributed by atoms with van der Waals surface area (Å²) in [4.78, 5) is 14.4. The molecule has 1 heterocycles. The van der Waals surface area contributed by atoms with Crippen LogP contribution in [0.5, 0.6) is 0 Å². The Morgan fingerprint density at radius 3 is 2.68 bits per heavy atom. The van der Waals surface area contributed by atoms with E-state index in [1.807, 2.05) is 11.8 Å². The van der Waals surface area contributed by atoms with E-state index < -0.39 is 5.92 Å². The molecule has 0 aromatic rings. The number of carbonyl (C=O) groups is 1. The van der Waals surface area contributed by atoms with Crippen LogP contribution in [0.2, 0.25) is 0 Å². The Labute approximate surface area is 114 Å². The molecule has 1 aliphatic heterocycles. The van der Waals surface area contributed by atoms with Gasteiger partial charge in [-0.15, -0.1) is 0 Å². The molecule has 1 saturated carbocycles. The number of piperidine rings is 1. The zero-order chi connectivity index (χ0) is 13.8. The Morgan fingerprint density at radius 2 is 2.05 bits per heavy atom. The summed E-state index contributed by atoms with van der Waals surface area (Å²) in [6.45, 7) is 3.59. The van der Waals surface area contributed by atoms with Gasteiger partial charge in [0.2, 0.25) is 5.91 Å². The number of oxime groups is 1. The average Bonchev–Trinajstić information content (AvgIpc) is 2.47. The Bertz CT molecular complexity index is 357. The van der Waals surface area contributed by atoms with Crippen molar-refractivity contribution >= 4 is 11.7 Å². The van der Waals surface area contributed by atoms with E-state index in [-0.39, 0.29) is 11.7 Å². The number of likely N-dealkylation sites (tertiary alicyclic amines) is 1. The molecule has 2 aliphatic rings. The van der Waals surface area contributed by atoms with E-state index in [2.05, 4.69) is 5.16 Å². The van der Waals surface area contributed by atoms with Gasteiger partial charge in [-0.2, -0.15) is 0 Å². The maximum absolute atomic E-state index is 12.5. The minimum atomic E-state index is -0.467. The number of amides is 1. The highest BCUT2D eigenvalue weighted by Gasteiger charge is 2.35. The summed E-state index contributed by atoms with van der Waals surface area (Å²) < 4.78 is 0. The highest BCUT2D eigenvalue weighted by Crippen LogP contribution is 2.36. The van der Waals surface area contributed by atoms with Gasteiger partial charge < -0.3 is 15.8 Å². The molecule has 1 amide bonds. The maximum Gasteiger partial charge on any atom is 0.233 e. The van der Waals surface area contributed by atoms with Crippen molar-refractivity contribution in [1.82, 2.24) is 4.90 Å². The molecular weight excluding hydrogens is 242 g/mol. The minimum Gasteiger partial charge on any atom is -0.409 e. The molecule has 1 saturated heterocycles. The molecule has 3 N–H and O–H groups in total. The molecule has 0 aromatic heterocycles. The first-order valence-corrected chi connectivity index (χ1v) is 7.43. The highest BCUT2D eigenvalue weighted by molar-refractivity contribution is 6.02. The lowest BCUT2D eigenvalue weighted by Gasteiger charge is -2.42. The van der Waals surface area contributed by atoms with Gasteiger partial charge in [0.25, 0.3) is 0 Å². The quantitative estimate of drug-likeness (QED) is 0.354. The van der Waals surface area contributed by atoms with Crippen LogP contribution in [0.3, 0.4) is 0 Å². The third-order valence-electron chi connectivity index (χ3n) is 4.78. The first kappa shape index (κ1) is 14.2. The normalized spacial score (nSPS) is 29.7. The number of hydrogen-bond acceptors (Lipinski definition) is 3. The first-order valence-electron chi connectivity index (χ1n) is 7.43. The van der Waals surface area contributed by atoms with Crippen molar-refractivity contribution in [2.75, 3.05) is 13.1 Å². The Hall–Kier alpha value is -1.26. The molecule has 2 rings (SSSR count). The smallest absolute Gasteiger partial charge is 0.233 e. The van der Waals surface area contributed by atoms with Gasteiger partial charge in [-0.05, 0) is 31.1 Å². The van der Waals surface area contributed by atoms with Crippen LogP contribution in [0.1, 0.15) is 45.4 Å². The van der Waals surface area contributed by atoms with Crippen LogP contribution < -0.4 is 5.73 Å². The second kappa shape index (κ2) is 6.26. The van der Waals surface area contributed by atoms with Crippen LogP contribution >= 0.6 is 0 Å². The predicted molar refractivity (Wildman–Crippen MR) is 73.8 cm³/mol. The van der Waals surface area contributed by atoms with E-state index in [0.29, 0.717) is 12.3 Å². The van der Waals surface area contributed by atoms with E-state index in [1.165, 1.54) is 25.7 Å². The number of amidine groups is 1. The van der Waals surface area contributed by atoms with Gasteiger partial charge in [-0.1, -0.05) is 31.3 Å². The number of carbonyl (C=O) groups excluding carboxylic acids is 1. The fraction of sp³-hybridized carbons (Fsp3) is 0.857. The fourth-order valence-corrected chi connectivity index (χ4v) is 3.60. The van der Waals surface area contributed by atoms with Crippen LogP contribution in [-0.4, -0.2) is 34.9 Å². The van der Waals surface area contributed by atoms with Crippen molar-refractivity contribution in [1.29, 1.82) is 0 Å². The summed E-state index contributed by atoms with van der Waals surface area (Å²) in [5.74, 6) is 1.07. The van der Waals surface area contributed by atoms with Gasteiger partial charge in [0.15, 0.2) is 5.84 Å². The number of nitrogens with two attached hydrogens (primary N) is 1. The molecule has 2 fully saturated rings. The van der Waals surface area contributed by atoms with Gasteiger partial charge in [-0.25, -0.2) is 0 Å². The van der Waals surface area contributed by atoms with Gasteiger partial charge in [0.1, 0.15) is 0 Å². The predicted octanol–water partition coefficient (Wildman–Crippen LogP) is 1.80. The second-order valence-corrected chi connectivity index (χ2v) is 5.86. The molecule has 0 bridgehead atoms. The Morgan fingerprint density at radius 1 is 1.37 bits per heavy atom. The van der Waals surface area contributed by atoms with E-state index in [4.69, 9.17) is 10.9 Å². The number of nitrogens with zero attached hydrogens (tertiary/aromatic N) is 2. The Balaban J connectivity index is 1.99. The molecule has 3 unspecified atom stereocenters. The maximum atomic E-state index is 12.5. The van der Waals surface area contributed by atoms with Gasteiger partial charge in [0, 0.05) is 13.1 Å². The molecule has 5 nitrogen and oxygen atoms in total. The fourth-order valence-electron chi connectivity index (χ4n) is 3.60. The van der Waals surface area contributed by atoms with Crippen molar-refractivity contribution in [2.24, 2.45) is 28.6 Å². The molecule has 3 atom stereocenters. The summed E-state index contributed by atoms with van der Waals surface area (Å²) in [5, 5.41) is 11.8. The largest absolute Gasteiger partial charge is 0.409 e. The van der Waals surface area contributed by atoms with E-state index >= 15 is 0 Å². The molecular formula is C14H25N3O2. The molecule has 19 heavy (non-hydrogen) atoms. The molecule has 0 spiro atoms. The summed E-state index contributed by atoms with van der Waals surface area (Å²) in [6, 6.07) is 0. The van der Waals surface area contributed by atoms with Crippen molar-refractivity contribution in [2.45, 2.75) is 45.4 Å². The Kier molecular flexibility index (Phi) is 4.66. The zero-order valence-corrected chi connectivity index (χ0v) is 11.7. The molecule has 0 aromatic carbocycles. The van der Waals surface area contributed by atoms with Crippen molar-refractivity contribution in [3.63, 3.8) is 0 Å². The zero-order valence-electron chi connectivity index (χ0n) is 11.7. The van der Waals surface area contributed by atoms with E-state index in [1.54, 1.807) is 0 Å². The van der Waals surface area contributed by atoms with Crippen molar-refractivity contribution in [3.8, 4) is 0 Å². The lowest BCUT2D eigenvalue weighted by molar-refractivity contribution is -0.136. The van der Waals surface area contributed by atoms with Crippen molar-refractivity contribution in [3.05, 3.63) is 0 Å². The SMILES string of the molecule is CCC(C(=O)N1CCC2CCCCC2C1)C(N)=NO. The van der Waals surface area contributed by atoms with Crippen LogP contribution in [0, 0.1) is 17.8 Å². The minimum absolute atomic E-state index is 0.0295. The monoisotopic (exact) mass is 267 g/mol. The van der Waals surface area contributed by atoms with Crippen LogP contribution in [0.25, 0.3) is 0 Å². The third-order valence-corrected chi connectivity index (χ3v) is 4.78. The summed E-state index contributed by atoms with van der Waals surface area (Å²) >= 11 is 0. The van der Waals surface area contributed by atoms with Crippen LogP contribution in [0.15, 0.2) is 5.16 Å². The molecule has 1 aliphatic carbocycles. The lowest BCUT2D eigenvalue weighted by Crippen LogP contribution is -2.49. The van der Waals surface area contributed by atoms with E-state index in [9.17, 15) is 4.79 Å². The summed E-state index contributed by atoms with van der Waals surface area (Å²) in [7, 11) is 0.